The van der Waals surface area contributed by atoms with Gasteiger partial charge in [-0.3, -0.25) is 4.79 Å². The number of H-pyrrole nitrogens is 1. The lowest BCUT2D eigenvalue weighted by atomic mass is 9.86. The number of aromatic nitrogens is 1. The fourth-order valence-corrected chi connectivity index (χ4v) is 4.04. The van der Waals surface area contributed by atoms with Gasteiger partial charge in [0.1, 0.15) is 0 Å². The van der Waals surface area contributed by atoms with Crippen LogP contribution in [0.4, 0.5) is 0 Å². The highest BCUT2D eigenvalue weighted by Gasteiger charge is 2.34. The van der Waals surface area contributed by atoms with Crippen molar-refractivity contribution >= 4 is 22.7 Å². The number of nitrogens with one attached hydrogen (secondary N) is 1. The zero-order valence-electron chi connectivity index (χ0n) is 15.0. The number of Topliss-reactive ketones (excluding diaryl/α,β-unsaturated/α-hetero) is 1. The smallest absolute Gasteiger partial charge is 0.339 e. The van der Waals surface area contributed by atoms with E-state index in [0.29, 0.717) is 18.6 Å². The molecule has 2 aliphatic heterocycles. The van der Waals surface area contributed by atoms with E-state index in [1.54, 1.807) is 6.92 Å². The Morgan fingerprint density at radius 1 is 1.35 bits per heavy atom. The normalized spacial score (nSPS) is 20.1. The van der Waals surface area contributed by atoms with E-state index in [-0.39, 0.29) is 17.8 Å². The van der Waals surface area contributed by atoms with Crippen LogP contribution in [0.5, 0.6) is 0 Å². The Morgan fingerprint density at radius 3 is 2.96 bits per heavy atom. The summed E-state index contributed by atoms with van der Waals surface area (Å²) >= 11 is 0. The van der Waals surface area contributed by atoms with E-state index in [0.717, 1.165) is 29.6 Å². The van der Waals surface area contributed by atoms with Crippen molar-refractivity contribution in [2.45, 2.75) is 32.7 Å². The Balaban J connectivity index is 1.61. The van der Waals surface area contributed by atoms with Gasteiger partial charge in [-0.25, -0.2) is 4.79 Å². The topological polar surface area (TPSA) is 62.4 Å². The molecule has 1 aromatic heterocycles. The first-order valence-electron chi connectivity index (χ1n) is 9.00. The summed E-state index contributed by atoms with van der Waals surface area (Å²) in [4.78, 5) is 29.8. The van der Waals surface area contributed by atoms with E-state index in [4.69, 9.17) is 4.74 Å². The monoisotopic (exact) mass is 350 g/mol. The molecule has 1 unspecified atom stereocenters. The van der Waals surface area contributed by atoms with Crippen LogP contribution in [-0.4, -0.2) is 40.8 Å². The maximum atomic E-state index is 12.3. The highest BCUT2D eigenvalue weighted by atomic mass is 16.5. The molecule has 1 aromatic carbocycles. The quantitative estimate of drug-likeness (QED) is 0.861. The number of aromatic amines is 1. The zero-order chi connectivity index (χ0) is 18.3. The van der Waals surface area contributed by atoms with E-state index in [9.17, 15) is 9.59 Å². The first-order valence-corrected chi connectivity index (χ1v) is 9.00. The summed E-state index contributed by atoms with van der Waals surface area (Å²) in [6, 6.07) is 8.18. The van der Waals surface area contributed by atoms with Gasteiger partial charge in [0.2, 0.25) is 0 Å². The Labute approximate surface area is 152 Å². The van der Waals surface area contributed by atoms with Gasteiger partial charge in [0.15, 0.2) is 5.78 Å². The van der Waals surface area contributed by atoms with Crippen LogP contribution >= 0.6 is 0 Å². The Kier molecular flexibility index (Phi) is 4.15. The van der Waals surface area contributed by atoms with Crippen molar-refractivity contribution < 1.29 is 14.3 Å². The van der Waals surface area contributed by atoms with Crippen molar-refractivity contribution in [3.05, 3.63) is 58.9 Å². The first-order chi connectivity index (χ1) is 12.6. The third-order valence-electron chi connectivity index (χ3n) is 5.36. The summed E-state index contributed by atoms with van der Waals surface area (Å²) in [5.41, 5.74) is 4.51. The highest BCUT2D eigenvalue weighted by Crippen LogP contribution is 2.33. The van der Waals surface area contributed by atoms with Gasteiger partial charge < -0.3 is 14.6 Å². The van der Waals surface area contributed by atoms with Crippen LogP contribution in [0.25, 0.3) is 10.9 Å². The van der Waals surface area contributed by atoms with Crippen molar-refractivity contribution in [2.24, 2.45) is 0 Å². The van der Waals surface area contributed by atoms with Crippen LogP contribution in [0.3, 0.4) is 0 Å². The average molecular weight is 350 g/mol. The molecular weight excluding hydrogens is 328 g/mol. The largest absolute Gasteiger partial charge is 0.462 e. The number of cyclic esters (lactones) is 1. The third kappa shape index (κ3) is 2.73. The number of benzene rings is 1. The molecule has 0 spiro atoms. The van der Waals surface area contributed by atoms with Crippen LogP contribution < -0.4 is 0 Å². The molecule has 4 rings (SSSR count). The van der Waals surface area contributed by atoms with Crippen LogP contribution in [0.1, 0.15) is 25.8 Å². The highest BCUT2D eigenvalue weighted by molar-refractivity contribution is 6.02. The van der Waals surface area contributed by atoms with Gasteiger partial charge in [0.05, 0.1) is 18.2 Å². The molecule has 1 fully saturated rings. The summed E-state index contributed by atoms with van der Waals surface area (Å²) in [5, 5.41) is 1.21. The molecule has 1 atom stereocenters. The van der Waals surface area contributed by atoms with Crippen LogP contribution in [-0.2, 0) is 20.7 Å². The van der Waals surface area contributed by atoms with Crippen molar-refractivity contribution in [3.8, 4) is 0 Å². The lowest BCUT2D eigenvalue weighted by Crippen LogP contribution is -2.40. The molecule has 0 amide bonds. The molecule has 134 valence electrons. The molecule has 1 saturated heterocycles. The molecular formula is C21H22N2O3. The number of hydrogen-bond donors (Lipinski definition) is 1. The fraction of sp³-hybridized carbons (Fsp3) is 0.333. The minimum Gasteiger partial charge on any atom is -0.462 e. The predicted octanol–water partition coefficient (Wildman–Crippen LogP) is 3.13. The third-order valence-corrected chi connectivity index (χ3v) is 5.36. The minimum atomic E-state index is -0.325. The van der Waals surface area contributed by atoms with Gasteiger partial charge >= 0.3 is 5.97 Å². The van der Waals surface area contributed by atoms with Gasteiger partial charge in [0.25, 0.3) is 0 Å². The van der Waals surface area contributed by atoms with Crippen molar-refractivity contribution in [1.82, 2.24) is 9.88 Å². The SMILES string of the molecule is CC(=O)C1=C2CCOC(=O)C2=CN(CCc2c[nH]c3ccccc23)C1C. The van der Waals surface area contributed by atoms with E-state index >= 15 is 0 Å². The molecule has 2 aliphatic rings. The Hall–Kier alpha value is -2.82. The van der Waals surface area contributed by atoms with Gasteiger partial charge in [-0.2, -0.15) is 0 Å². The van der Waals surface area contributed by atoms with Crippen molar-refractivity contribution in [1.29, 1.82) is 0 Å². The molecule has 0 saturated carbocycles. The molecule has 26 heavy (non-hydrogen) atoms. The Bertz CT molecular complexity index is 951. The number of rotatable bonds is 4. The minimum absolute atomic E-state index is 0.0323. The van der Waals surface area contributed by atoms with Gasteiger partial charge in [-0.1, -0.05) is 18.2 Å². The molecule has 0 bridgehead atoms. The summed E-state index contributed by atoms with van der Waals surface area (Å²) in [6.07, 6.45) is 5.36. The summed E-state index contributed by atoms with van der Waals surface area (Å²) in [7, 11) is 0. The van der Waals surface area contributed by atoms with Crippen molar-refractivity contribution in [3.63, 3.8) is 0 Å². The number of hydrogen-bond acceptors (Lipinski definition) is 4. The average Bonchev–Trinajstić information content (AvgIpc) is 3.03. The van der Waals surface area contributed by atoms with Crippen molar-refractivity contribution in [2.75, 3.05) is 13.2 Å². The fourth-order valence-electron chi connectivity index (χ4n) is 4.04. The lowest BCUT2D eigenvalue weighted by molar-refractivity contribution is -0.140. The number of nitrogens with zero attached hydrogens (tertiary/aromatic N) is 1. The number of esters is 1. The molecule has 5 heteroatoms. The number of fused-ring (bicyclic) bond motifs is 2. The maximum absolute atomic E-state index is 12.3. The van der Waals surface area contributed by atoms with E-state index < -0.39 is 0 Å². The summed E-state index contributed by atoms with van der Waals surface area (Å²) in [5.74, 6) is -0.293. The number of para-hydroxylation sites is 1. The van der Waals surface area contributed by atoms with E-state index in [2.05, 4.69) is 22.0 Å². The molecule has 5 nitrogen and oxygen atoms in total. The standard InChI is InChI=1S/C21H22N2O3/c1-13-20(14(2)24)17-8-10-26-21(25)18(17)12-23(13)9-7-15-11-22-19-6-4-3-5-16(15)19/h3-6,11-13,22H,7-10H2,1-2H3. The molecule has 2 aromatic rings. The molecule has 1 N–H and O–H groups in total. The molecule has 0 aliphatic carbocycles. The number of carbonyl (C=O) groups is 2. The van der Waals surface area contributed by atoms with E-state index in [1.807, 2.05) is 31.5 Å². The molecule has 0 radical (unpaired) electrons. The number of ether oxygens (including phenoxy) is 1. The second-order valence-electron chi connectivity index (χ2n) is 6.90. The lowest BCUT2D eigenvalue weighted by Gasteiger charge is -2.37. The van der Waals surface area contributed by atoms with Gasteiger partial charge in [0, 0.05) is 41.8 Å². The van der Waals surface area contributed by atoms with Gasteiger partial charge in [-0.15, -0.1) is 0 Å². The molecule has 3 heterocycles. The summed E-state index contributed by atoms with van der Waals surface area (Å²) < 4.78 is 5.18. The van der Waals surface area contributed by atoms with Crippen LogP contribution in [0, 0.1) is 0 Å². The number of carbonyl (C=O) groups excluding carboxylic acids is 2. The number of ketones is 1. The maximum Gasteiger partial charge on any atom is 0.339 e. The first kappa shape index (κ1) is 16.6. The zero-order valence-corrected chi connectivity index (χ0v) is 15.0. The second-order valence-corrected chi connectivity index (χ2v) is 6.90. The van der Waals surface area contributed by atoms with Crippen LogP contribution in [0.2, 0.25) is 0 Å². The van der Waals surface area contributed by atoms with Crippen LogP contribution in [0.15, 0.2) is 53.4 Å². The summed E-state index contributed by atoms with van der Waals surface area (Å²) in [6.45, 7) is 4.69. The second kappa shape index (κ2) is 6.48. The van der Waals surface area contributed by atoms with E-state index in [1.165, 1.54) is 10.9 Å². The Morgan fingerprint density at radius 2 is 2.15 bits per heavy atom. The predicted molar refractivity (Wildman–Crippen MR) is 99.5 cm³/mol. The van der Waals surface area contributed by atoms with Gasteiger partial charge in [-0.05, 0) is 37.5 Å².